The normalized spacial score (nSPS) is 9.00. The first-order chi connectivity index (χ1) is 7.13. The summed E-state index contributed by atoms with van der Waals surface area (Å²) >= 11 is 11.3. The summed E-state index contributed by atoms with van der Waals surface area (Å²) < 4.78 is 0. The van der Waals surface area contributed by atoms with E-state index < -0.39 is 0 Å². The zero-order chi connectivity index (χ0) is 11.3. The SMILES string of the molecule is CC#CCNC(=O)c1cc(Cl)nc(Cl)c1. The highest BCUT2D eigenvalue weighted by Crippen LogP contribution is 2.14. The Kier molecular flexibility index (Phi) is 4.41. The van der Waals surface area contributed by atoms with Crippen molar-refractivity contribution in [1.82, 2.24) is 10.3 Å². The van der Waals surface area contributed by atoms with E-state index in [-0.39, 0.29) is 16.2 Å². The second-order valence-corrected chi connectivity index (χ2v) is 3.39. The maximum Gasteiger partial charge on any atom is 0.252 e. The second-order valence-electron chi connectivity index (χ2n) is 2.61. The van der Waals surface area contributed by atoms with Crippen molar-refractivity contribution in [2.75, 3.05) is 6.54 Å². The summed E-state index contributed by atoms with van der Waals surface area (Å²) in [4.78, 5) is 15.2. The van der Waals surface area contributed by atoms with E-state index in [1.54, 1.807) is 6.92 Å². The lowest BCUT2D eigenvalue weighted by atomic mass is 10.2. The van der Waals surface area contributed by atoms with Crippen molar-refractivity contribution in [1.29, 1.82) is 0 Å². The lowest BCUT2D eigenvalue weighted by Crippen LogP contribution is -2.23. The van der Waals surface area contributed by atoms with Crippen molar-refractivity contribution >= 4 is 29.1 Å². The van der Waals surface area contributed by atoms with Crippen LogP contribution in [0.1, 0.15) is 17.3 Å². The monoisotopic (exact) mass is 242 g/mol. The molecule has 0 radical (unpaired) electrons. The molecule has 0 unspecified atom stereocenters. The van der Waals surface area contributed by atoms with Crippen molar-refractivity contribution in [2.24, 2.45) is 0 Å². The van der Waals surface area contributed by atoms with E-state index in [2.05, 4.69) is 22.1 Å². The molecule has 0 bridgehead atoms. The number of nitrogens with one attached hydrogen (secondary N) is 1. The Balaban J connectivity index is 2.76. The molecule has 5 heteroatoms. The third-order valence-electron chi connectivity index (χ3n) is 1.54. The number of aromatic nitrogens is 1. The molecule has 3 nitrogen and oxygen atoms in total. The topological polar surface area (TPSA) is 42.0 Å². The van der Waals surface area contributed by atoms with E-state index >= 15 is 0 Å². The standard InChI is InChI=1S/C10H8Cl2N2O/c1-2-3-4-13-10(15)7-5-8(11)14-9(12)6-7/h5-6H,4H2,1H3,(H,13,15). The Labute approximate surface area is 97.8 Å². The Morgan fingerprint density at radius 1 is 1.47 bits per heavy atom. The maximum atomic E-state index is 11.5. The number of rotatable bonds is 2. The highest BCUT2D eigenvalue weighted by molar-refractivity contribution is 6.33. The summed E-state index contributed by atoms with van der Waals surface area (Å²) in [6.45, 7) is 2.00. The zero-order valence-corrected chi connectivity index (χ0v) is 9.49. The van der Waals surface area contributed by atoms with Crippen LogP contribution in [0.15, 0.2) is 12.1 Å². The molecule has 78 valence electrons. The van der Waals surface area contributed by atoms with Crippen LogP contribution in [0.4, 0.5) is 0 Å². The number of nitrogens with zero attached hydrogens (tertiary/aromatic N) is 1. The molecule has 0 saturated heterocycles. The predicted molar refractivity (Wildman–Crippen MR) is 60.0 cm³/mol. The molecule has 0 aromatic carbocycles. The number of halogens is 2. The summed E-state index contributed by atoms with van der Waals surface area (Å²) in [7, 11) is 0. The van der Waals surface area contributed by atoms with Crippen LogP contribution in [0.25, 0.3) is 0 Å². The van der Waals surface area contributed by atoms with Gasteiger partial charge < -0.3 is 5.32 Å². The van der Waals surface area contributed by atoms with E-state index in [0.29, 0.717) is 12.1 Å². The third-order valence-corrected chi connectivity index (χ3v) is 1.93. The summed E-state index contributed by atoms with van der Waals surface area (Å²) in [5.41, 5.74) is 0.373. The van der Waals surface area contributed by atoms with Crippen LogP contribution in [0.5, 0.6) is 0 Å². The van der Waals surface area contributed by atoms with Crippen LogP contribution in [0.2, 0.25) is 10.3 Å². The van der Waals surface area contributed by atoms with E-state index in [1.165, 1.54) is 12.1 Å². The third kappa shape index (κ3) is 3.78. The van der Waals surface area contributed by atoms with Crippen molar-refractivity contribution in [3.05, 3.63) is 28.0 Å². The molecule has 0 spiro atoms. The van der Waals surface area contributed by atoms with Gasteiger partial charge in [0.2, 0.25) is 0 Å². The van der Waals surface area contributed by atoms with Crippen molar-refractivity contribution in [3.8, 4) is 11.8 Å². The van der Waals surface area contributed by atoms with Gasteiger partial charge in [0.15, 0.2) is 0 Å². The first-order valence-corrected chi connectivity index (χ1v) is 4.90. The fourth-order valence-corrected chi connectivity index (χ4v) is 1.37. The van der Waals surface area contributed by atoms with Crippen LogP contribution in [0, 0.1) is 11.8 Å². The quantitative estimate of drug-likeness (QED) is 0.638. The van der Waals surface area contributed by atoms with Crippen LogP contribution in [-0.2, 0) is 0 Å². The molecule has 1 heterocycles. The average Bonchev–Trinajstić information content (AvgIpc) is 2.16. The Hall–Kier alpha value is -1.24. The van der Waals surface area contributed by atoms with Gasteiger partial charge in [-0.05, 0) is 19.1 Å². The number of hydrogen-bond donors (Lipinski definition) is 1. The lowest BCUT2D eigenvalue weighted by molar-refractivity contribution is 0.0958. The van der Waals surface area contributed by atoms with Gasteiger partial charge in [-0.15, -0.1) is 5.92 Å². The fourth-order valence-electron chi connectivity index (χ4n) is 0.911. The molecule has 1 aromatic rings. The van der Waals surface area contributed by atoms with Crippen molar-refractivity contribution in [3.63, 3.8) is 0 Å². The van der Waals surface area contributed by atoms with Gasteiger partial charge in [-0.1, -0.05) is 29.1 Å². The average molecular weight is 243 g/mol. The highest BCUT2D eigenvalue weighted by Gasteiger charge is 2.07. The molecular formula is C10H8Cl2N2O. The first kappa shape index (κ1) is 11.8. The van der Waals surface area contributed by atoms with Gasteiger partial charge in [-0.25, -0.2) is 4.98 Å². The smallest absolute Gasteiger partial charge is 0.252 e. The number of carbonyl (C=O) groups is 1. The summed E-state index contributed by atoms with van der Waals surface area (Å²) in [5.74, 6) is 5.11. The van der Waals surface area contributed by atoms with Gasteiger partial charge in [0, 0.05) is 5.56 Å². The fraction of sp³-hybridized carbons (Fsp3) is 0.200. The molecule has 1 rings (SSSR count). The minimum absolute atomic E-state index is 0.189. The molecule has 1 N–H and O–H groups in total. The minimum Gasteiger partial charge on any atom is -0.341 e. The van der Waals surface area contributed by atoms with Gasteiger partial charge >= 0.3 is 0 Å². The number of carbonyl (C=O) groups excluding carboxylic acids is 1. The molecule has 0 aliphatic rings. The second kappa shape index (κ2) is 5.59. The van der Waals surface area contributed by atoms with E-state index in [1.807, 2.05) is 0 Å². The first-order valence-electron chi connectivity index (χ1n) is 4.14. The van der Waals surface area contributed by atoms with Gasteiger partial charge in [0.05, 0.1) is 6.54 Å². The molecule has 0 atom stereocenters. The van der Waals surface area contributed by atoms with E-state index in [4.69, 9.17) is 23.2 Å². The summed E-state index contributed by atoms with van der Waals surface area (Å²) in [6, 6.07) is 2.89. The predicted octanol–water partition coefficient (Wildman–Crippen LogP) is 2.14. The van der Waals surface area contributed by atoms with Gasteiger partial charge in [-0.2, -0.15) is 0 Å². The maximum absolute atomic E-state index is 11.5. The molecule has 0 fully saturated rings. The molecule has 1 amide bonds. The largest absolute Gasteiger partial charge is 0.341 e. The van der Waals surface area contributed by atoms with Crippen LogP contribution in [-0.4, -0.2) is 17.4 Å². The summed E-state index contributed by atoms with van der Waals surface area (Å²) in [5, 5.41) is 2.97. The number of amides is 1. The molecular weight excluding hydrogens is 235 g/mol. The molecule has 1 aromatic heterocycles. The minimum atomic E-state index is -0.274. The van der Waals surface area contributed by atoms with E-state index in [9.17, 15) is 4.79 Å². The van der Waals surface area contributed by atoms with Crippen molar-refractivity contribution in [2.45, 2.75) is 6.92 Å². The lowest BCUT2D eigenvalue weighted by Gasteiger charge is -2.02. The van der Waals surface area contributed by atoms with Crippen LogP contribution >= 0.6 is 23.2 Å². The van der Waals surface area contributed by atoms with E-state index in [0.717, 1.165) is 0 Å². The number of hydrogen-bond acceptors (Lipinski definition) is 2. The van der Waals surface area contributed by atoms with Gasteiger partial charge in [0.25, 0.3) is 5.91 Å². The Bertz CT molecular complexity index is 415. The molecule has 15 heavy (non-hydrogen) atoms. The Morgan fingerprint density at radius 3 is 2.60 bits per heavy atom. The van der Waals surface area contributed by atoms with Crippen molar-refractivity contribution < 1.29 is 4.79 Å². The van der Waals surface area contributed by atoms with Crippen LogP contribution in [0.3, 0.4) is 0 Å². The molecule has 0 aliphatic heterocycles. The summed E-state index contributed by atoms with van der Waals surface area (Å²) in [6.07, 6.45) is 0. The molecule has 0 aliphatic carbocycles. The van der Waals surface area contributed by atoms with Crippen LogP contribution < -0.4 is 5.32 Å². The van der Waals surface area contributed by atoms with Gasteiger partial charge in [0.1, 0.15) is 10.3 Å². The Morgan fingerprint density at radius 2 is 2.07 bits per heavy atom. The molecule has 0 saturated carbocycles. The highest BCUT2D eigenvalue weighted by atomic mass is 35.5. The zero-order valence-electron chi connectivity index (χ0n) is 7.97. The van der Waals surface area contributed by atoms with Gasteiger partial charge in [-0.3, -0.25) is 4.79 Å². The number of pyridine rings is 1.